The van der Waals surface area contributed by atoms with Crippen LogP contribution in [0, 0.1) is 6.92 Å². The number of oxazole rings is 1. The van der Waals surface area contributed by atoms with E-state index in [1.807, 2.05) is 6.92 Å². The van der Waals surface area contributed by atoms with E-state index in [4.69, 9.17) is 19.0 Å². The molecule has 0 unspecified atom stereocenters. The van der Waals surface area contributed by atoms with Gasteiger partial charge in [-0.05, 0) is 19.1 Å². The first kappa shape index (κ1) is 12.9. The Morgan fingerprint density at radius 3 is 2.63 bits per heavy atom. The molecule has 0 radical (unpaired) electrons. The molecule has 0 spiro atoms. The third kappa shape index (κ3) is 2.12. The van der Waals surface area contributed by atoms with E-state index in [1.165, 1.54) is 7.11 Å². The minimum Gasteiger partial charge on any atom is -0.496 e. The van der Waals surface area contributed by atoms with Gasteiger partial charge in [0, 0.05) is 11.1 Å². The van der Waals surface area contributed by atoms with Gasteiger partial charge in [-0.1, -0.05) is 0 Å². The second-order valence-electron chi connectivity index (χ2n) is 3.81. The lowest BCUT2D eigenvalue weighted by molar-refractivity contribution is 0.0663. The fourth-order valence-electron chi connectivity index (χ4n) is 1.93. The van der Waals surface area contributed by atoms with Crippen molar-refractivity contribution in [2.45, 2.75) is 6.92 Å². The zero-order chi connectivity index (χ0) is 14.0. The summed E-state index contributed by atoms with van der Waals surface area (Å²) in [5, 5.41) is 9.05. The number of aromatic nitrogens is 1. The Kier molecular flexibility index (Phi) is 3.41. The number of benzene rings is 1. The van der Waals surface area contributed by atoms with Crippen LogP contribution in [0.2, 0.25) is 0 Å². The van der Waals surface area contributed by atoms with Crippen molar-refractivity contribution in [1.29, 1.82) is 0 Å². The van der Waals surface area contributed by atoms with Crippen molar-refractivity contribution in [1.82, 2.24) is 4.98 Å². The van der Waals surface area contributed by atoms with Gasteiger partial charge in [0.25, 0.3) is 0 Å². The summed E-state index contributed by atoms with van der Waals surface area (Å²) < 4.78 is 15.4. The van der Waals surface area contributed by atoms with Crippen LogP contribution in [-0.2, 0) is 0 Å². The smallest absolute Gasteiger partial charge is 0.374 e. The SMILES string of the molecule is COc1ccc(-c2ncoc2C(=O)O)c(OC)c1C. The van der Waals surface area contributed by atoms with Gasteiger partial charge in [-0.2, -0.15) is 0 Å². The number of hydrogen-bond donors (Lipinski definition) is 1. The molecule has 0 bridgehead atoms. The van der Waals surface area contributed by atoms with E-state index in [1.54, 1.807) is 19.2 Å². The Balaban J connectivity index is 2.65. The molecule has 0 atom stereocenters. The molecule has 1 N–H and O–H groups in total. The molecule has 1 aromatic carbocycles. The van der Waals surface area contributed by atoms with Crippen molar-refractivity contribution in [3.8, 4) is 22.8 Å². The number of carbonyl (C=O) groups is 1. The van der Waals surface area contributed by atoms with E-state index in [9.17, 15) is 4.79 Å². The second kappa shape index (κ2) is 5.01. The highest BCUT2D eigenvalue weighted by Gasteiger charge is 2.22. The summed E-state index contributed by atoms with van der Waals surface area (Å²) in [6, 6.07) is 3.42. The van der Waals surface area contributed by atoms with Crippen LogP contribution >= 0.6 is 0 Å². The summed E-state index contributed by atoms with van der Waals surface area (Å²) in [5.74, 6) is -0.234. The molecule has 1 aromatic heterocycles. The Hall–Kier alpha value is -2.50. The molecule has 6 heteroatoms. The fourth-order valence-corrected chi connectivity index (χ4v) is 1.93. The van der Waals surface area contributed by atoms with Crippen molar-refractivity contribution in [2.24, 2.45) is 0 Å². The minimum absolute atomic E-state index is 0.220. The van der Waals surface area contributed by atoms with Crippen molar-refractivity contribution in [3.63, 3.8) is 0 Å². The number of hydrogen-bond acceptors (Lipinski definition) is 5. The maximum absolute atomic E-state index is 11.1. The molecule has 0 aliphatic carbocycles. The lowest BCUT2D eigenvalue weighted by atomic mass is 10.0. The summed E-state index contributed by atoms with van der Waals surface area (Å²) in [6.07, 6.45) is 1.10. The Bertz CT molecular complexity index is 617. The molecule has 0 saturated carbocycles. The standard InChI is InChI=1S/C13H13NO5/c1-7-9(17-2)5-4-8(11(7)18-3)10-12(13(15)16)19-6-14-10/h4-6H,1-3H3,(H,15,16). The molecule has 1 heterocycles. The molecule has 0 saturated heterocycles. The van der Waals surface area contributed by atoms with Gasteiger partial charge in [-0.25, -0.2) is 9.78 Å². The van der Waals surface area contributed by atoms with E-state index in [2.05, 4.69) is 4.98 Å². The van der Waals surface area contributed by atoms with Gasteiger partial charge in [0.15, 0.2) is 6.39 Å². The minimum atomic E-state index is -1.18. The fraction of sp³-hybridized carbons (Fsp3) is 0.231. The maximum Gasteiger partial charge on any atom is 0.374 e. The first-order chi connectivity index (χ1) is 9.10. The Morgan fingerprint density at radius 1 is 1.32 bits per heavy atom. The lowest BCUT2D eigenvalue weighted by Gasteiger charge is -2.13. The van der Waals surface area contributed by atoms with E-state index in [0.29, 0.717) is 17.1 Å². The monoisotopic (exact) mass is 263 g/mol. The van der Waals surface area contributed by atoms with Crippen LogP contribution in [0.4, 0.5) is 0 Å². The normalized spacial score (nSPS) is 10.3. The van der Waals surface area contributed by atoms with Crippen LogP contribution in [0.3, 0.4) is 0 Å². The van der Waals surface area contributed by atoms with E-state index < -0.39 is 5.97 Å². The van der Waals surface area contributed by atoms with Gasteiger partial charge in [-0.3, -0.25) is 0 Å². The van der Waals surface area contributed by atoms with Crippen LogP contribution in [0.25, 0.3) is 11.3 Å². The summed E-state index contributed by atoms with van der Waals surface area (Å²) in [7, 11) is 3.06. The van der Waals surface area contributed by atoms with E-state index >= 15 is 0 Å². The molecule has 19 heavy (non-hydrogen) atoms. The molecule has 2 rings (SSSR count). The number of methoxy groups -OCH3 is 2. The van der Waals surface area contributed by atoms with Gasteiger partial charge < -0.3 is 19.0 Å². The second-order valence-corrected chi connectivity index (χ2v) is 3.81. The molecule has 0 aliphatic heterocycles. The average Bonchev–Trinajstić information content (AvgIpc) is 2.87. The Labute approximate surface area is 109 Å². The largest absolute Gasteiger partial charge is 0.496 e. The molecular weight excluding hydrogens is 250 g/mol. The van der Waals surface area contributed by atoms with Gasteiger partial charge in [0.05, 0.1) is 14.2 Å². The van der Waals surface area contributed by atoms with Crippen LogP contribution < -0.4 is 9.47 Å². The summed E-state index contributed by atoms with van der Waals surface area (Å²) >= 11 is 0. The highest BCUT2D eigenvalue weighted by Crippen LogP contribution is 2.38. The lowest BCUT2D eigenvalue weighted by Crippen LogP contribution is -2.00. The Morgan fingerprint density at radius 2 is 2.05 bits per heavy atom. The average molecular weight is 263 g/mol. The summed E-state index contributed by atoms with van der Waals surface area (Å²) in [5.41, 5.74) is 1.55. The highest BCUT2D eigenvalue weighted by molar-refractivity contribution is 5.93. The van der Waals surface area contributed by atoms with Gasteiger partial charge in [0.1, 0.15) is 17.2 Å². The number of rotatable bonds is 4. The van der Waals surface area contributed by atoms with Gasteiger partial charge in [0.2, 0.25) is 5.76 Å². The molecule has 0 aliphatic rings. The number of carboxylic acid groups (broad SMARTS) is 1. The van der Waals surface area contributed by atoms with Crippen molar-refractivity contribution < 1.29 is 23.8 Å². The van der Waals surface area contributed by atoms with Crippen LogP contribution in [0.15, 0.2) is 22.9 Å². The number of nitrogens with zero attached hydrogens (tertiary/aromatic N) is 1. The van der Waals surface area contributed by atoms with Crippen LogP contribution in [-0.4, -0.2) is 30.3 Å². The number of carboxylic acids is 1. The third-order valence-corrected chi connectivity index (χ3v) is 2.80. The van der Waals surface area contributed by atoms with Crippen LogP contribution in [0.5, 0.6) is 11.5 Å². The molecule has 100 valence electrons. The first-order valence-electron chi connectivity index (χ1n) is 5.48. The zero-order valence-electron chi connectivity index (χ0n) is 10.8. The molecular formula is C13H13NO5. The number of aromatic carboxylic acids is 1. The summed E-state index contributed by atoms with van der Waals surface area (Å²) in [6.45, 7) is 1.82. The summed E-state index contributed by atoms with van der Waals surface area (Å²) in [4.78, 5) is 15.0. The van der Waals surface area contributed by atoms with Crippen molar-refractivity contribution in [2.75, 3.05) is 14.2 Å². The van der Waals surface area contributed by atoms with E-state index in [-0.39, 0.29) is 11.5 Å². The van der Waals surface area contributed by atoms with Crippen LogP contribution in [0.1, 0.15) is 16.1 Å². The molecule has 0 amide bonds. The van der Waals surface area contributed by atoms with Crippen molar-refractivity contribution >= 4 is 5.97 Å². The molecule has 2 aromatic rings. The predicted molar refractivity (Wildman–Crippen MR) is 66.7 cm³/mol. The van der Waals surface area contributed by atoms with E-state index in [0.717, 1.165) is 12.0 Å². The maximum atomic E-state index is 11.1. The predicted octanol–water partition coefficient (Wildman–Crippen LogP) is 2.37. The first-order valence-corrected chi connectivity index (χ1v) is 5.48. The third-order valence-electron chi connectivity index (χ3n) is 2.80. The highest BCUT2D eigenvalue weighted by atomic mass is 16.5. The van der Waals surface area contributed by atoms with Crippen molar-refractivity contribution in [3.05, 3.63) is 29.9 Å². The molecule has 0 fully saturated rings. The van der Waals surface area contributed by atoms with Gasteiger partial charge in [-0.15, -0.1) is 0 Å². The topological polar surface area (TPSA) is 81.8 Å². The van der Waals surface area contributed by atoms with Gasteiger partial charge >= 0.3 is 5.97 Å². The zero-order valence-corrected chi connectivity index (χ0v) is 10.8. The molecule has 6 nitrogen and oxygen atoms in total. The quantitative estimate of drug-likeness (QED) is 0.911. The number of ether oxygens (including phenoxy) is 2.